The Morgan fingerprint density at radius 3 is 1.81 bits per heavy atom. The summed E-state index contributed by atoms with van der Waals surface area (Å²) in [4.78, 5) is 3.78. The molecule has 4 heteroatoms. The first-order valence-electron chi connectivity index (χ1n) is 11.7. The van der Waals surface area contributed by atoms with E-state index >= 15 is 0 Å². The van der Waals surface area contributed by atoms with Crippen LogP contribution in [-0.4, -0.2) is 9.13 Å². The highest BCUT2D eigenvalue weighted by Gasteiger charge is 2.20. The number of para-hydroxylation sites is 4. The summed E-state index contributed by atoms with van der Waals surface area (Å²) in [6.07, 6.45) is 0. The molecule has 0 aliphatic carbocycles. The van der Waals surface area contributed by atoms with Crippen LogP contribution in [-0.2, 0) is 0 Å². The first-order valence-corrected chi connectivity index (χ1v) is 11.7. The van der Waals surface area contributed by atoms with Crippen molar-refractivity contribution < 1.29 is 0 Å². The highest BCUT2D eigenvalue weighted by molar-refractivity contribution is 6.19. The highest BCUT2D eigenvalue weighted by Crippen LogP contribution is 2.41. The van der Waals surface area contributed by atoms with Crippen molar-refractivity contribution in [2.24, 2.45) is 0 Å². The van der Waals surface area contributed by atoms with Crippen LogP contribution in [0.25, 0.3) is 59.8 Å². The fourth-order valence-corrected chi connectivity index (χ4v) is 5.47. The molecule has 36 heavy (non-hydrogen) atoms. The van der Waals surface area contributed by atoms with Gasteiger partial charge in [-0.05, 0) is 42.5 Å². The van der Waals surface area contributed by atoms with Gasteiger partial charge in [-0.3, -0.25) is 0 Å². The van der Waals surface area contributed by atoms with Gasteiger partial charge in [-0.2, -0.15) is 5.26 Å². The lowest BCUT2D eigenvalue weighted by molar-refractivity contribution is 1.17. The normalized spacial score (nSPS) is 11.3. The Labute approximate surface area is 207 Å². The average molecular weight is 459 g/mol. The van der Waals surface area contributed by atoms with Gasteiger partial charge in [-0.25, -0.2) is 4.85 Å². The average Bonchev–Trinajstić information content (AvgIpc) is 3.44. The van der Waals surface area contributed by atoms with Crippen LogP contribution >= 0.6 is 0 Å². The van der Waals surface area contributed by atoms with Crippen molar-refractivity contribution in [1.82, 2.24) is 9.13 Å². The molecule has 0 fully saturated rings. The van der Waals surface area contributed by atoms with E-state index in [1.165, 1.54) is 0 Å². The van der Waals surface area contributed by atoms with E-state index in [-0.39, 0.29) is 0 Å². The Balaban J connectivity index is 1.72. The van der Waals surface area contributed by atoms with Crippen LogP contribution in [0.1, 0.15) is 5.56 Å². The Hall–Kier alpha value is -5.32. The number of hydrogen-bond acceptors (Lipinski definition) is 1. The van der Waals surface area contributed by atoms with Crippen LogP contribution in [0.3, 0.4) is 0 Å². The van der Waals surface area contributed by atoms with Gasteiger partial charge in [0.05, 0.1) is 46.0 Å². The Morgan fingerprint density at radius 2 is 1.17 bits per heavy atom. The maximum absolute atomic E-state index is 9.95. The summed E-state index contributed by atoms with van der Waals surface area (Å²) in [5.41, 5.74) is 6.90. The zero-order valence-electron chi connectivity index (χ0n) is 19.2. The molecule has 7 rings (SSSR count). The van der Waals surface area contributed by atoms with E-state index in [0.717, 1.165) is 49.3 Å². The summed E-state index contributed by atoms with van der Waals surface area (Å²) in [6, 6.07) is 39.2. The van der Waals surface area contributed by atoms with Crippen LogP contribution < -0.4 is 0 Å². The Kier molecular flexibility index (Phi) is 4.24. The fraction of sp³-hybridized carbons (Fsp3) is 0. The molecule has 0 amide bonds. The largest absolute Gasteiger partial charge is 0.318 e. The molecule has 0 saturated heterocycles. The van der Waals surface area contributed by atoms with Gasteiger partial charge in [0.25, 0.3) is 0 Å². The number of hydrogen-bond donors (Lipinski definition) is 0. The minimum Gasteiger partial charge on any atom is -0.318 e. The second kappa shape index (κ2) is 7.60. The fourth-order valence-electron chi connectivity index (χ4n) is 5.47. The standard InChI is InChI=1S/C32H18N4/c1-34-27-15-9-10-21(20-33)32(27)36-29-17-8-6-14-24(29)26-18-30-25(19-31(26)36)23-13-5-7-16-28(23)35(30)22-11-3-2-4-12-22/h2-19H. The van der Waals surface area contributed by atoms with E-state index in [1.54, 1.807) is 18.2 Å². The Bertz CT molecular complexity index is 2030. The molecule has 0 atom stereocenters. The lowest BCUT2D eigenvalue weighted by Crippen LogP contribution is -1.98. The van der Waals surface area contributed by atoms with Gasteiger partial charge in [-0.1, -0.05) is 66.7 Å². The molecule has 0 bridgehead atoms. The van der Waals surface area contributed by atoms with Gasteiger partial charge in [0.15, 0.2) is 0 Å². The van der Waals surface area contributed by atoms with E-state index in [0.29, 0.717) is 16.9 Å². The minimum atomic E-state index is 0.462. The molecule has 0 aliphatic heterocycles. The number of benzene rings is 5. The molecule has 4 nitrogen and oxygen atoms in total. The first kappa shape index (κ1) is 20.1. The summed E-state index contributed by atoms with van der Waals surface area (Å²) >= 11 is 0. The number of nitriles is 1. The molecule has 0 saturated carbocycles. The zero-order valence-corrected chi connectivity index (χ0v) is 19.2. The minimum absolute atomic E-state index is 0.462. The van der Waals surface area contributed by atoms with Gasteiger partial charge in [-0.15, -0.1) is 0 Å². The lowest BCUT2D eigenvalue weighted by Gasteiger charge is -2.12. The molecule has 5 aromatic carbocycles. The van der Waals surface area contributed by atoms with E-state index in [1.807, 2.05) is 18.2 Å². The molecule has 166 valence electrons. The molecule has 2 heterocycles. The number of fused-ring (bicyclic) bond motifs is 6. The van der Waals surface area contributed by atoms with Gasteiger partial charge < -0.3 is 9.13 Å². The van der Waals surface area contributed by atoms with Crippen molar-refractivity contribution in [3.63, 3.8) is 0 Å². The van der Waals surface area contributed by atoms with Crippen molar-refractivity contribution in [2.45, 2.75) is 0 Å². The maximum atomic E-state index is 9.95. The summed E-state index contributed by atoms with van der Waals surface area (Å²) in [7, 11) is 0. The smallest absolute Gasteiger partial charge is 0.211 e. The number of nitrogens with zero attached hydrogens (tertiary/aromatic N) is 4. The maximum Gasteiger partial charge on any atom is 0.211 e. The zero-order chi connectivity index (χ0) is 24.2. The van der Waals surface area contributed by atoms with Crippen molar-refractivity contribution in [2.75, 3.05) is 0 Å². The number of aromatic nitrogens is 2. The summed E-state index contributed by atoms with van der Waals surface area (Å²) in [5.74, 6) is 0. The third kappa shape index (κ3) is 2.67. The van der Waals surface area contributed by atoms with E-state index in [4.69, 9.17) is 6.57 Å². The van der Waals surface area contributed by atoms with E-state index in [9.17, 15) is 5.26 Å². The molecule has 0 N–H and O–H groups in total. The second-order valence-corrected chi connectivity index (χ2v) is 8.82. The van der Waals surface area contributed by atoms with Gasteiger partial charge in [0, 0.05) is 27.2 Å². The van der Waals surface area contributed by atoms with Gasteiger partial charge in [0.2, 0.25) is 5.69 Å². The van der Waals surface area contributed by atoms with Crippen LogP contribution in [0, 0.1) is 17.9 Å². The number of rotatable bonds is 2. The monoisotopic (exact) mass is 458 g/mol. The van der Waals surface area contributed by atoms with E-state index in [2.05, 4.69) is 92.8 Å². The molecule has 2 aromatic heterocycles. The van der Waals surface area contributed by atoms with Crippen LogP contribution in [0.15, 0.2) is 109 Å². The van der Waals surface area contributed by atoms with Crippen molar-refractivity contribution in [3.8, 4) is 17.4 Å². The molecular formula is C32H18N4. The molecular weight excluding hydrogens is 440 g/mol. The highest BCUT2D eigenvalue weighted by atomic mass is 15.0. The van der Waals surface area contributed by atoms with Crippen molar-refractivity contribution in [3.05, 3.63) is 126 Å². The topological polar surface area (TPSA) is 38.0 Å². The molecule has 0 spiro atoms. The lowest BCUT2D eigenvalue weighted by atomic mass is 10.1. The summed E-state index contributed by atoms with van der Waals surface area (Å²) in [5, 5.41) is 14.4. The van der Waals surface area contributed by atoms with Gasteiger partial charge in [0.1, 0.15) is 0 Å². The third-order valence-corrected chi connectivity index (χ3v) is 6.96. The predicted molar refractivity (Wildman–Crippen MR) is 146 cm³/mol. The van der Waals surface area contributed by atoms with Crippen LogP contribution in [0.4, 0.5) is 5.69 Å². The predicted octanol–water partition coefficient (Wildman–Crippen LogP) is 8.30. The molecule has 0 radical (unpaired) electrons. The molecule has 0 aliphatic rings. The first-order chi connectivity index (χ1) is 17.8. The summed E-state index contributed by atoms with van der Waals surface area (Å²) in [6.45, 7) is 7.81. The third-order valence-electron chi connectivity index (χ3n) is 6.96. The van der Waals surface area contributed by atoms with Crippen molar-refractivity contribution >= 4 is 49.3 Å². The summed E-state index contributed by atoms with van der Waals surface area (Å²) < 4.78 is 4.40. The van der Waals surface area contributed by atoms with Gasteiger partial charge >= 0.3 is 0 Å². The Morgan fingerprint density at radius 1 is 0.583 bits per heavy atom. The SMILES string of the molecule is [C-]#[N+]c1cccc(C#N)c1-n1c2ccccc2c2cc3c(cc21)c1ccccc1n3-c1ccccc1. The van der Waals surface area contributed by atoms with Crippen LogP contribution in [0.5, 0.6) is 0 Å². The molecule has 7 aromatic rings. The molecule has 0 unspecified atom stereocenters. The quantitative estimate of drug-likeness (QED) is 0.240. The van der Waals surface area contributed by atoms with Crippen LogP contribution in [0.2, 0.25) is 0 Å². The van der Waals surface area contributed by atoms with Crippen molar-refractivity contribution in [1.29, 1.82) is 5.26 Å². The van der Waals surface area contributed by atoms with E-state index < -0.39 is 0 Å². The second-order valence-electron chi connectivity index (χ2n) is 8.82.